The average Bonchev–Trinajstić information content (AvgIpc) is 3.49. The lowest BCUT2D eigenvalue weighted by Crippen LogP contribution is -2.40. The molecule has 0 radical (unpaired) electrons. The van der Waals surface area contributed by atoms with Gasteiger partial charge in [0.05, 0.1) is 24.7 Å². The Bertz CT molecular complexity index is 1380. The second kappa shape index (κ2) is 8.53. The fourth-order valence-corrected chi connectivity index (χ4v) is 5.06. The molecule has 0 saturated carbocycles. The summed E-state index contributed by atoms with van der Waals surface area (Å²) < 4.78 is 29.0. The Morgan fingerprint density at radius 1 is 0.909 bits per heavy atom. The first kappa shape index (κ1) is 21.5. The molecule has 3 aromatic heterocycles. The molecule has 0 amide bonds. The number of aromatic nitrogens is 6. The number of aryl methyl sites for hydroxylation is 1. The minimum Gasteiger partial charge on any atom is -0.275 e. The van der Waals surface area contributed by atoms with Gasteiger partial charge in [-0.3, -0.25) is 9.36 Å². The summed E-state index contributed by atoms with van der Waals surface area (Å²) in [6.45, 7) is 1.02. The van der Waals surface area contributed by atoms with Crippen LogP contribution in [0.1, 0.15) is 18.9 Å². The number of rotatable bonds is 5. The van der Waals surface area contributed by atoms with E-state index in [9.17, 15) is 8.42 Å². The maximum absolute atomic E-state index is 11.9. The van der Waals surface area contributed by atoms with Gasteiger partial charge in [-0.1, -0.05) is 18.2 Å². The Hall–Kier alpha value is -3.37. The predicted molar refractivity (Wildman–Crippen MR) is 126 cm³/mol. The number of nitrogens with zero attached hydrogens (tertiary/aromatic N) is 7. The van der Waals surface area contributed by atoms with E-state index in [4.69, 9.17) is 0 Å². The largest absolute Gasteiger partial charge is 0.275 e. The van der Waals surface area contributed by atoms with Crippen LogP contribution in [0, 0.1) is 0 Å². The number of piperidine rings is 1. The SMILES string of the molecule is Cn1cc(-c2cccc(-c3ncc(-c4cnn([C@@H]5CCCN(S(C)(=O)=O)C5)c4)cn3)c2)cn1. The topological polar surface area (TPSA) is 98.8 Å². The summed E-state index contributed by atoms with van der Waals surface area (Å²) in [6.07, 6.45) is 14.1. The van der Waals surface area contributed by atoms with E-state index in [1.54, 1.807) is 23.3 Å². The molecule has 9 nitrogen and oxygen atoms in total. The molecule has 5 rings (SSSR count). The number of hydrogen-bond donors (Lipinski definition) is 0. The van der Waals surface area contributed by atoms with E-state index in [2.05, 4.69) is 26.2 Å². The van der Waals surface area contributed by atoms with Crippen LogP contribution in [-0.2, 0) is 17.1 Å². The summed E-state index contributed by atoms with van der Waals surface area (Å²) >= 11 is 0. The second-order valence-corrected chi connectivity index (χ2v) is 10.4. The zero-order valence-electron chi connectivity index (χ0n) is 18.5. The van der Waals surface area contributed by atoms with Crippen LogP contribution in [-0.4, -0.2) is 61.6 Å². The van der Waals surface area contributed by atoms with E-state index in [1.165, 1.54) is 10.6 Å². The van der Waals surface area contributed by atoms with Crippen molar-refractivity contribution in [2.75, 3.05) is 19.3 Å². The van der Waals surface area contributed by atoms with Crippen molar-refractivity contribution in [2.45, 2.75) is 18.9 Å². The lowest BCUT2D eigenvalue weighted by atomic mass is 10.1. The van der Waals surface area contributed by atoms with Crippen molar-refractivity contribution in [1.82, 2.24) is 33.8 Å². The Kier molecular flexibility index (Phi) is 5.55. The fourth-order valence-electron chi connectivity index (χ4n) is 4.16. The molecule has 0 spiro atoms. The van der Waals surface area contributed by atoms with Crippen LogP contribution in [0.4, 0.5) is 0 Å². The van der Waals surface area contributed by atoms with Crippen molar-refractivity contribution in [3.63, 3.8) is 0 Å². The molecular formula is C23H25N7O2S. The standard InChI is InChI=1S/C23H25N7O2S/c1-28-14-20(12-26-28)17-5-3-6-18(9-17)23-24-10-19(11-25-23)21-13-27-30(15-21)22-7-4-8-29(16-22)33(2,31)32/h3,5-6,9-15,22H,4,7-8,16H2,1-2H3/t22-/m1/s1. The molecule has 0 N–H and O–H groups in total. The van der Waals surface area contributed by atoms with Crippen LogP contribution in [0.5, 0.6) is 0 Å². The van der Waals surface area contributed by atoms with E-state index in [1.807, 2.05) is 48.5 Å². The number of hydrogen-bond acceptors (Lipinski definition) is 6. The molecule has 0 bridgehead atoms. The summed E-state index contributed by atoms with van der Waals surface area (Å²) in [5, 5.41) is 8.73. The molecule has 4 aromatic rings. The van der Waals surface area contributed by atoms with Gasteiger partial charge in [-0.05, 0) is 24.5 Å². The molecule has 170 valence electrons. The predicted octanol–water partition coefficient (Wildman–Crippen LogP) is 3.00. The zero-order chi connectivity index (χ0) is 23.0. The highest BCUT2D eigenvalue weighted by Crippen LogP contribution is 2.27. The van der Waals surface area contributed by atoms with Gasteiger partial charge in [0.15, 0.2) is 5.82 Å². The van der Waals surface area contributed by atoms with Crippen molar-refractivity contribution >= 4 is 10.0 Å². The molecule has 1 saturated heterocycles. The monoisotopic (exact) mass is 463 g/mol. The molecule has 1 aliphatic heterocycles. The third kappa shape index (κ3) is 4.57. The van der Waals surface area contributed by atoms with Gasteiger partial charge in [-0.2, -0.15) is 10.2 Å². The third-order valence-corrected chi connectivity index (χ3v) is 7.22. The molecule has 1 aromatic carbocycles. The van der Waals surface area contributed by atoms with Crippen LogP contribution in [0.2, 0.25) is 0 Å². The van der Waals surface area contributed by atoms with Crippen molar-refractivity contribution in [2.24, 2.45) is 7.05 Å². The molecule has 4 heterocycles. The highest BCUT2D eigenvalue weighted by atomic mass is 32.2. The van der Waals surface area contributed by atoms with Gasteiger partial charge in [0.2, 0.25) is 10.0 Å². The molecule has 10 heteroatoms. The van der Waals surface area contributed by atoms with Gasteiger partial charge in [0, 0.05) is 67.2 Å². The van der Waals surface area contributed by atoms with Gasteiger partial charge in [-0.25, -0.2) is 22.7 Å². The quantitative estimate of drug-likeness (QED) is 0.451. The van der Waals surface area contributed by atoms with Gasteiger partial charge in [0.25, 0.3) is 0 Å². The maximum atomic E-state index is 11.9. The van der Waals surface area contributed by atoms with Gasteiger partial charge in [-0.15, -0.1) is 0 Å². The van der Waals surface area contributed by atoms with Gasteiger partial charge < -0.3 is 0 Å². The van der Waals surface area contributed by atoms with Crippen molar-refractivity contribution in [3.8, 4) is 33.6 Å². The average molecular weight is 464 g/mol. The van der Waals surface area contributed by atoms with Crippen LogP contribution in [0.15, 0.2) is 61.4 Å². The molecule has 0 aliphatic carbocycles. The molecule has 0 unspecified atom stereocenters. The van der Waals surface area contributed by atoms with E-state index < -0.39 is 10.0 Å². The highest BCUT2D eigenvalue weighted by Gasteiger charge is 2.27. The van der Waals surface area contributed by atoms with Gasteiger partial charge >= 0.3 is 0 Å². The Morgan fingerprint density at radius 3 is 2.36 bits per heavy atom. The van der Waals surface area contributed by atoms with E-state index in [0.29, 0.717) is 18.9 Å². The Morgan fingerprint density at radius 2 is 1.64 bits per heavy atom. The molecule has 1 atom stereocenters. The summed E-state index contributed by atoms with van der Waals surface area (Å²) in [7, 11) is -1.30. The number of sulfonamides is 1. The van der Waals surface area contributed by atoms with Crippen LogP contribution in [0.3, 0.4) is 0 Å². The first-order valence-corrected chi connectivity index (χ1v) is 12.6. The van der Waals surface area contributed by atoms with Crippen LogP contribution < -0.4 is 0 Å². The van der Waals surface area contributed by atoms with Crippen molar-refractivity contribution < 1.29 is 8.42 Å². The molecule has 33 heavy (non-hydrogen) atoms. The molecular weight excluding hydrogens is 438 g/mol. The zero-order valence-corrected chi connectivity index (χ0v) is 19.4. The normalized spacial score (nSPS) is 17.3. The first-order valence-electron chi connectivity index (χ1n) is 10.8. The third-order valence-electron chi connectivity index (χ3n) is 5.95. The summed E-state index contributed by atoms with van der Waals surface area (Å²) in [5.41, 5.74) is 4.80. The van der Waals surface area contributed by atoms with Crippen molar-refractivity contribution in [3.05, 3.63) is 61.4 Å². The summed E-state index contributed by atoms with van der Waals surface area (Å²) in [5.74, 6) is 0.646. The van der Waals surface area contributed by atoms with E-state index in [-0.39, 0.29) is 6.04 Å². The first-order chi connectivity index (χ1) is 15.9. The van der Waals surface area contributed by atoms with E-state index in [0.717, 1.165) is 40.7 Å². The number of benzene rings is 1. The lowest BCUT2D eigenvalue weighted by Gasteiger charge is -2.30. The molecule has 1 aliphatic rings. The van der Waals surface area contributed by atoms with Gasteiger partial charge in [0.1, 0.15) is 0 Å². The highest BCUT2D eigenvalue weighted by molar-refractivity contribution is 7.88. The van der Waals surface area contributed by atoms with Crippen LogP contribution >= 0.6 is 0 Å². The second-order valence-electron chi connectivity index (χ2n) is 8.40. The summed E-state index contributed by atoms with van der Waals surface area (Å²) in [4.78, 5) is 9.15. The lowest BCUT2D eigenvalue weighted by molar-refractivity contribution is 0.255. The minimum atomic E-state index is -3.20. The Balaban J connectivity index is 1.34. The minimum absolute atomic E-state index is 0.0256. The van der Waals surface area contributed by atoms with Crippen LogP contribution in [0.25, 0.3) is 33.6 Å². The van der Waals surface area contributed by atoms with E-state index >= 15 is 0 Å². The molecule has 1 fully saturated rings. The summed E-state index contributed by atoms with van der Waals surface area (Å²) in [6, 6.07) is 8.10. The smallest absolute Gasteiger partial charge is 0.211 e. The maximum Gasteiger partial charge on any atom is 0.211 e. The van der Waals surface area contributed by atoms with Crippen molar-refractivity contribution in [1.29, 1.82) is 0 Å². The Labute approximate surface area is 192 Å². The fraction of sp³-hybridized carbons (Fsp3) is 0.304.